The maximum Gasteiger partial charge on any atom is 0.158 e. The molecule has 0 bridgehead atoms. The lowest BCUT2D eigenvalue weighted by molar-refractivity contribution is 0.437. The van der Waals surface area contributed by atoms with E-state index in [1.54, 1.807) is 6.20 Å². The molecule has 0 unspecified atom stereocenters. The number of rotatable bonds is 1. The Bertz CT molecular complexity index is 502. The van der Waals surface area contributed by atoms with Crippen molar-refractivity contribution < 1.29 is 0 Å². The SMILES string of the molecule is Nc1cnc2c(cnn2C2CCSCC2)c1. The van der Waals surface area contributed by atoms with E-state index in [4.69, 9.17) is 5.73 Å². The topological polar surface area (TPSA) is 56.7 Å². The van der Waals surface area contributed by atoms with Crippen molar-refractivity contribution in [1.29, 1.82) is 0 Å². The molecule has 0 radical (unpaired) electrons. The Morgan fingerprint density at radius 3 is 2.94 bits per heavy atom. The van der Waals surface area contributed by atoms with Crippen LogP contribution in [0, 0.1) is 0 Å². The van der Waals surface area contributed by atoms with Gasteiger partial charge in [0.25, 0.3) is 0 Å². The van der Waals surface area contributed by atoms with E-state index < -0.39 is 0 Å². The van der Waals surface area contributed by atoms with Crippen LogP contribution in [-0.2, 0) is 0 Å². The number of thioether (sulfide) groups is 1. The molecule has 0 atom stereocenters. The number of fused-ring (bicyclic) bond motifs is 1. The van der Waals surface area contributed by atoms with Crippen LogP contribution >= 0.6 is 11.8 Å². The van der Waals surface area contributed by atoms with Crippen LogP contribution in [0.25, 0.3) is 11.0 Å². The van der Waals surface area contributed by atoms with Crippen LogP contribution in [0.15, 0.2) is 18.5 Å². The number of aromatic nitrogens is 3. The highest BCUT2D eigenvalue weighted by Crippen LogP contribution is 2.28. The Morgan fingerprint density at radius 2 is 2.12 bits per heavy atom. The third-order valence-corrected chi connectivity index (χ3v) is 4.04. The van der Waals surface area contributed by atoms with Crippen LogP contribution in [0.2, 0.25) is 0 Å². The molecule has 2 N–H and O–H groups in total. The summed E-state index contributed by atoms with van der Waals surface area (Å²) in [7, 11) is 0. The zero-order chi connectivity index (χ0) is 11.0. The Hall–Kier alpha value is -1.23. The zero-order valence-electron chi connectivity index (χ0n) is 8.97. The van der Waals surface area contributed by atoms with E-state index in [1.165, 1.54) is 24.3 Å². The summed E-state index contributed by atoms with van der Waals surface area (Å²) in [5, 5.41) is 5.49. The van der Waals surface area contributed by atoms with Gasteiger partial charge >= 0.3 is 0 Å². The number of hydrogen-bond donors (Lipinski definition) is 1. The van der Waals surface area contributed by atoms with Crippen molar-refractivity contribution in [3.63, 3.8) is 0 Å². The van der Waals surface area contributed by atoms with E-state index in [9.17, 15) is 0 Å². The van der Waals surface area contributed by atoms with Gasteiger partial charge in [0.1, 0.15) is 0 Å². The van der Waals surface area contributed by atoms with Crippen molar-refractivity contribution in [2.24, 2.45) is 0 Å². The number of pyridine rings is 1. The minimum atomic E-state index is 0.509. The molecule has 0 spiro atoms. The molecule has 2 aromatic heterocycles. The minimum absolute atomic E-state index is 0.509. The summed E-state index contributed by atoms with van der Waals surface area (Å²) in [5.41, 5.74) is 7.37. The summed E-state index contributed by atoms with van der Waals surface area (Å²) in [6.07, 6.45) is 5.94. The molecular formula is C11H14N4S. The van der Waals surface area contributed by atoms with Crippen molar-refractivity contribution in [3.8, 4) is 0 Å². The van der Waals surface area contributed by atoms with E-state index in [1.807, 2.05) is 24.0 Å². The monoisotopic (exact) mass is 234 g/mol. The van der Waals surface area contributed by atoms with E-state index in [-0.39, 0.29) is 0 Å². The van der Waals surface area contributed by atoms with Crippen molar-refractivity contribution >= 4 is 28.5 Å². The highest BCUT2D eigenvalue weighted by Gasteiger charge is 2.18. The van der Waals surface area contributed by atoms with Crippen molar-refractivity contribution in [2.75, 3.05) is 17.2 Å². The molecule has 84 valence electrons. The largest absolute Gasteiger partial charge is 0.397 e. The molecule has 4 nitrogen and oxygen atoms in total. The predicted octanol–water partition coefficient (Wildman–Crippen LogP) is 2.08. The number of nitrogen functional groups attached to an aromatic ring is 1. The number of nitrogens with two attached hydrogens (primary N) is 1. The fraction of sp³-hybridized carbons (Fsp3) is 0.455. The molecule has 1 aliphatic heterocycles. The molecule has 16 heavy (non-hydrogen) atoms. The molecule has 0 saturated carbocycles. The summed E-state index contributed by atoms with van der Waals surface area (Å²) < 4.78 is 2.06. The normalized spacial score (nSPS) is 18.0. The fourth-order valence-electron chi connectivity index (χ4n) is 2.15. The van der Waals surface area contributed by atoms with Gasteiger partial charge in [0.2, 0.25) is 0 Å². The van der Waals surface area contributed by atoms with Crippen LogP contribution in [0.3, 0.4) is 0 Å². The van der Waals surface area contributed by atoms with Gasteiger partial charge in [-0.2, -0.15) is 16.9 Å². The molecule has 0 aromatic carbocycles. The molecule has 1 aliphatic rings. The Morgan fingerprint density at radius 1 is 1.31 bits per heavy atom. The molecule has 3 rings (SSSR count). The lowest BCUT2D eigenvalue weighted by Crippen LogP contribution is -2.16. The van der Waals surface area contributed by atoms with Crippen LogP contribution in [0.5, 0.6) is 0 Å². The highest BCUT2D eigenvalue weighted by atomic mass is 32.2. The third-order valence-electron chi connectivity index (χ3n) is 2.99. The Balaban J connectivity index is 2.03. The van der Waals surface area contributed by atoms with Crippen molar-refractivity contribution in [2.45, 2.75) is 18.9 Å². The smallest absolute Gasteiger partial charge is 0.158 e. The molecule has 3 heterocycles. The van der Waals surface area contributed by atoms with E-state index in [2.05, 4.69) is 14.8 Å². The second-order valence-corrected chi connectivity index (χ2v) is 5.34. The summed E-state index contributed by atoms with van der Waals surface area (Å²) in [4.78, 5) is 4.38. The van der Waals surface area contributed by atoms with E-state index in [0.29, 0.717) is 11.7 Å². The molecule has 0 amide bonds. The van der Waals surface area contributed by atoms with Crippen molar-refractivity contribution in [3.05, 3.63) is 18.5 Å². The van der Waals surface area contributed by atoms with Crippen LogP contribution in [0.1, 0.15) is 18.9 Å². The molecule has 1 saturated heterocycles. The van der Waals surface area contributed by atoms with Crippen LogP contribution in [0.4, 0.5) is 5.69 Å². The number of nitrogens with zero attached hydrogens (tertiary/aromatic N) is 3. The van der Waals surface area contributed by atoms with Gasteiger partial charge in [0.15, 0.2) is 5.65 Å². The van der Waals surface area contributed by atoms with E-state index in [0.717, 1.165) is 11.0 Å². The average Bonchev–Trinajstić information content (AvgIpc) is 2.73. The van der Waals surface area contributed by atoms with Gasteiger partial charge in [-0.1, -0.05) is 0 Å². The molecule has 1 fully saturated rings. The summed E-state index contributed by atoms with van der Waals surface area (Å²) in [6, 6.07) is 2.44. The number of hydrogen-bond acceptors (Lipinski definition) is 4. The maximum atomic E-state index is 5.71. The first-order chi connectivity index (χ1) is 7.84. The van der Waals surface area contributed by atoms with E-state index >= 15 is 0 Å². The average molecular weight is 234 g/mol. The standard InChI is InChI=1S/C11H14N4S/c12-9-5-8-6-14-15(11(8)13-7-9)10-1-3-16-4-2-10/h5-7,10H,1-4,12H2. The molecule has 0 aliphatic carbocycles. The summed E-state index contributed by atoms with van der Waals surface area (Å²) >= 11 is 2.02. The summed E-state index contributed by atoms with van der Waals surface area (Å²) in [6.45, 7) is 0. The first-order valence-corrected chi connectivity index (χ1v) is 6.66. The highest BCUT2D eigenvalue weighted by molar-refractivity contribution is 7.99. The lowest BCUT2D eigenvalue weighted by Gasteiger charge is -2.21. The van der Waals surface area contributed by atoms with Gasteiger partial charge in [-0.3, -0.25) is 0 Å². The summed E-state index contributed by atoms with van der Waals surface area (Å²) in [5.74, 6) is 2.45. The first-order valence-electron chi connectivity index (χ1n) is 5.51. The number of anilines is 1. The van der Waals surface area contributed by atoms with Gasteiger partial charge in [0, 0.05) is 5.39 Å². The van der Waals surface area contributed by atoms with Gasteiger partial charge < -0.3 is 5.73 Å². The predicted molar refractivity (Wildman–Crippen MR) is 67.5 cm³/mol. The Kier molecular flexibility index (Phi) is 2.47. The molecule has 5 heteroatoms. The first kappa shape index (κ1) is 9.96. The Labute approximate surface area is 98.2 Å². The maximum absolute atomic E-state index is 5.71. The van der Waals surface area contributed by atoms with Gasteiger partial charge in [-0.25, -0.2) is 9.67 Å². The second kappa shape index (κ2) is 3.97. The zero-order valence-corrected chi connectivity index (χ0v) is 9.78. The fourth-order valence-corrected chi connectivity index (χ4v) is 3.24. The third kappa shape index (κ3) is 1.65. The van der Waals surface area contributed by atoms with Crippen molar-refractivity contribution in [1.82, 2.24) is 14.8 Å². The van der Waals surface area contributed by atoms with Gasteiger partial charge in [-0.05, 0) is 30.4 Å². The molecular weight excluding hydrogens is 220 g/mol. The van der Waals surface area contributed by atoms with Crippen LogP contribution < -0.4 is 5.73 Å². The van der Waals surface area contributed by atoms with Crippen LogP contribution in [-0.4, -0.2) is 26.3 Å². The van der Waals surface area contributed by atoms with Gasteiger partial charge in [-0.15, -0.1) is 0 Å². The quantitative estimate of drug-likeness (QED) is 0.820. The lowest BCUT2D eigenvalue weighted by atomic mass is 10.1. The van der Waals surface area contributed by atoms with Gasteiger partial charge in [0.05, 0.1) is 24.1 Å². The minimum Gasteiger partial charge on any atom is -0.397 e. The molecule has 2 aromatic rings. The second-order valence-electron chi connectivity index (χ2n) is 4.11.